The molecule has 0 amide bonds. The summed E-state index contributed by atoms with van der Waals surface area (Å²) >= 11 is 9.45. The van der Waals surface area contributed by atoms with Gasteiger partial charge < -0.3 is 11.1 Å². The number of hydrogen-bond donors (Lipinski definition) is 2. The zero-order chi connectivity index (χ0) is 12.4. The molecule has 0 radical (unpaired) electrons. The molecule has 17 heavy (non-hydrogen) atoms. The van der Waals surface area contributed by atoms with Gasteiger partial charge in [-0.25, -0.2) is 0 Å². The van der Waals surface area contributed by atoms with Crippen LogP contribution in [-0.4, -0.2) is 0 Å². The molecule has 3 N–H and O–H groups in total. The monoisotopic (exact) mass is 310 g/mol. The van der Waals surface area contributed by atoms with Crippen LogP contribution in [0, 0.1) is 6.92 Å². The van der Waals surface area contributed by atoms with Crippen molar-refractivity contribution in [1.82, 2.24) is 0 Å². The van der Waals surface area contributed by atoms with Crippen LogP contribution in [0.2, 0.25) is 5.02 Å². The summed E-state index contributed by atoms with van der Waals surface area (Å²) in [6.45, 7) is 2.04. The molecule has 0 heterocycles. The molecule has 2 rings (SSSR count). The van der Waals surface area contributed by atoms with Gasteiger partial charge in [-0.2, -0.15) is 0 Å². The third-order valence-corrected chi connectivity index (χ3v) is 3.30. The Labute approximate surface area is 114 Å². The van der Waals surface area contributed by atoms with E-state index >= 15 is 0 Å². The first-order valence-electron chi connectivity index (χ1n) is 5.14. The van der Waals surface area contributed by atoms with E-state index in [0.29, 0.717) is 10.7 Å². The lowest BCUT2D eigenvalue weighted by molar-refractivity contribution is 1.43. The molecule has 0 bridgehead atoms. The smallest absolute Gasteiger partial charge is 0.0633 e. The van der Waals surface area contributed by atoms with Crippen LogP contribution in [0.25, 0.3) is 0 Å². The van der Waals surface area contributed by atoms with Crippen LogP contribution in [0.5, 0.6) is 0 Å². The van der Waals surface area contributed by atoms with Gasteiger partial charge in [-0.3, -0.25) is 0 Å². The van der Waals surface area contributed by atoms with Gasteiger partial charge in [0.1, 0.15) is 0 Å². The second-order valence-electron chi connectivity index (χ2n) is 3.84. The van der Waals surface area contributed by atoms with Crippen molar-refractivity contribution < 1.29 is 0 Å². The summed E-state index contributed by atoms with van der Waals surface area (Å²) in [6, 6.07) is 11.4. The van der Waals surface area contributed by atoms with E-state index in [1.54, 1.807) is 12.1 Å². The van der Waals surface area contributed by atoms with Crippen LogP contribution in [0.4, 0.5) is 17.1 Å². The summed E-state index contributed by atoms with van der Waals surface area (Å²) in [7, 11) is 0. The Hall–Kier alpha value is -1.19. The molecule has 0 saturated heterocycles. The summed E-state index contributed by atoms with van der Waals surface area (Å²) in [4.78, 5) is 0. The van der Waals surface area contributed by atoms with Crippen molar-refractivity contribution in [2.75, 3.05) is 11.1 Å². The highest BCUT2D eigenvalue weighted by atomic mass is 79.9. The first kappa shape index (κ1) is 12.3. The lowest BCUT2D eigenvalue weighted by Crippen LogP contribution is -1.96. The molecule has 2 nitrogen and oxygen atoms in total. The number of benzene rings is 2. The second-order valence-corrected chi connectivity index (χ2v) is 5.13. The minimum atomic E-state index is 0.657. The lowest BCUT2D eigenvalue weighted by atomic mass is 10.2. The first-order valence-corrected chi connectivity index (χ1v) is 6.31. The molecular formula is C13H12BrClN2. The summed E-state index contributed by atoms with van der Waals surface area (Å²) in [6.07, 6.45) is 0. The molecule has 4 heteroatoms. The largest absolute Gasteiger partial charge is 0.397 e. The van der Waals surface area contributed by atoms with Crippen molar-refractivity contribution in [3.63, 3.8) is 0 Å². The van der Waals surface area contributed by atoms with Crippen molar-refractivity contribution in [3.05, 3.63) is 51.5 Å². The molecule has 0 spiro atoms. The molecule has 0 aliphatic heterocycles. The molecule has 0 saturated carbocycles. The molecule has 0 aliphatic carbocycles. The Balaban J connectivity index is 2.34. The van der Waals surface area contributed by atoms with Crippen LogP contribution in [0.1, 0.15) is 5.56 Å². The summed E-state index contributed by atoms with van der Waals surface area (Å²) in [5.41, 5.74) is 9.52. The second kappa shape index (κ2) is 4.98. The maximum Gasteiger partial charge on any atom is 0.0633 e. The predicted molar refractivity (Wildman–Crippen MR) is 78.0 cm³/mol. The molecule has 0 aliphatic rings. The van der Waals surface area contributed by atoms with Crippen LogP contribution < -0.4 is 11.1 Å². The number of nitrogens with one attached hydrogen (secondary N) is 1. The molecule has 0 atom stereocenters. The van der Waals surface area contributed by atoms with Gasteiger partial charge in [-0.05, 0) is 58.7 Å². The van der Waals surface area contributed by atoms with Crippen LogP contribution in [0.3, 0.4) is 0 Å². The van der Waals surface area contributed by atoms with Gasteiger partial charge >= 0.3 is 0 Å². The lowest BCUT2D eigenvalue weighted by Gasteiger charge is -2.11. The van der Waals surface area contributed by atoms with E-state index in [4.69, 9.17) is 17.3 Å². The fraction of sp³-hybridized carbons (Fsp3) is 0.0769. The van der Waals surface area contributed by atoms with E-state index in [9.17, 15) is 0 Å². The fourth-order valence-corrected chi connectivity index (χ4v) is 2.27. The van der Waals surface area contributed by atoms with E-state index in [0.717, 1.165) is 15.8 Å². The highest BCUT2D eigenvalue weighted by Crippen LogP contribution is 2.30. The molecular weight excluding hydrogens is 300 g/mol. The van der Waals surface area contributed by atoms with E-state index in [1.165, 1.54) is 5.56 Å². The third-order valence-electron chi connectivity index (χ3n) is 2.41. The van der Waals surface area contributed by atoms with Gasteiger partial charge in [0.15, 0.2) is 0 Å². The number of nitrogen functional groups attached to an aromatic ring is 1. The van der Waals surface area contributed by atoms with Gasteiger partial charge in [0.2, 0.25) is 0 Å². The standard InChI is InChI=1S/C13H12BrClN2/c1-8-2-5-12(10(14)6-8)17-13-7-9(15)3-4-11(13)16/h2-7,17H,16H2,1H3. The predicted octanol–water partition coefficient (Wildman–Crippen LogP) is 4.74. The quantitative estimate of drug-likeness (QED) is 0.786. The maximum atomic E-state index is 5.94. The van der Waals surface area contributed by atoms with Crippen LogP contribution in [0.15, 0.2) is 40.9 Å². The Bertz CT molecular complexity index is 555. The van der Waals surface area contributed by atoms with Gasteiger partial charge in [-0.1, -0.05) is 17.7 Å². The molecule has 0 unspecified atom stereocenters. The first-order chi connectivity index (χ1) is 8.06. The molecule has 0 aromatic heterocycles. The average Bonchev–Trinajstić information content (AvgIpc) is 2.27. The summed E-state index contributed by atoms with van der Waals surface area (Å²) in [5.74, 6) is 0. The molecule has 88 valence electrons. The Morgan fingerprint density at radius 1 is 1.12 bits per heavy atom. The highest BCUT2D eigenvalue weighted by molar-refractivity contribution is 9.10. The van der Waals surface area contributed by atoms with Gasteiger partial charge in [0.05, 0.1) is 17.1 Å². The van der Waals surface area contributed by atoms with Crippen molar-refractivity contribution in [2.24, 2.45) is 0 Å². The highest BCUT2D eigenvalue weighted by Gasteiger charge is 2.04. The molecule has 0 fully saturated rings. The SMILES string of the molecule is Cc1ccc(Nc2cc(Cl)ccc2N)c(Br)c1. The van der Waals surface area contributed by atoms with Gasteiger partial charge in [0, 0.05) is 9.50 Å². The van der Waals surface area contributed by atoms with E-state index in [2.05, 4.69) is 21.2 Å². The number of aryl methyl sites for hydroxylation is 1. The van der Waals surface area contributed by atoms with Crippen molar-refractivity contribution in [2.45, 2.75) is 6.92 Å². The van der Waals surface area contributed by atoms with Crippen molar-refractivity contribution in [3.8, 4) is 0 Å². The zero-order valence-electron chi connectivity index (χ0n) is 9.30. The normalized spacial score (nSPS) is 10.3. The number of halogens is 2. The van der Waals surface area contributed by atoms with E-state index < -0.39 is 0 Å². The third kappa shape index (κ3) is 2.93. The number of rotatable bonds is 2. The van der Waals surface area contributed by atoms with Gasteiger partial charge in [-0.15, -0.1) is 0 Å². The van der Waals surface area contributed by atoms with Crippen LogP contribution >= 0.6 is 27.5 Å². The van der Waals surface area contributed by atoms with Gasteiger partial charge in [0.25, 0.3) is 0 Å². The molecule has 2 aromatic rings. The number of hydrogen-bond acceptors (Lipinski definition) is 2. The topological polar surface area (TPSA) is 38.0 Å². The Kier molecular flexibility index (Phi) is 3.60. The van der Waals surface area contributed by atoms with Crippen molar-refractivity contribution in [1.29, 1.82) is 0 Å². The maximum absolute atomic E-state index is 5.94. The zero-order valence-corrected chi connectivity index (χ0v) is 11.6. The Morgan fingerprint density at radius 3 is 2.59 bits per heavy atom. The van der Waals surface area contributed by atoms with E-state index in [-0.39, 0.29) is 0 Å². The van der Waals surface area contributed by atoms with Crippen molar-refractivity contribution >= 4 is 44.6 Å². The molecule has 2 aromatic carbocycles. The number of nitrogens with two attached hydrogens (primary N) is 1. The summed E-state index contributed by atoms with van der Waals surface area (Å²) in [5, 5.41) is 3.91. The van der Waals surface area contributed by atoms with Crippen LogP contribution in [-0.2, 0) is 0 Å². The Morgan fingerprint density at radius 2 is 1.88 bits per heavy atom. The average molecular weight is 312 g/mol. The minimum Gasteiger partial charge on any atom is -0.397 e. The minimum absolute atomic E-state index is 0.657. The van der Waals surface area contributed by atoms with E-state index in [1.807, 2.05) is 31.2 Å². The number of anilines is 3. The summed E-state index contributed by atoms with van der Waals surface area (Å²) < 4.78 is 0.997. The fourth-order valence-electron chi connectivity index (χ4n) is 1.50.